The van der Waals surface area contributed by atoms with Crippen molar-refractivity contribution in [2.75, 3.05) is 7.11 Å². The van der Waals surface area contributed by atoms with E-state index in [-0.39, 0.29) is 12.3 Å². The Hall–Kier alpha value is -3.00. The van der Waals surface area contributed by atoms with Crippen LogP contribution in [0.1, 0.15) is 22.1 Å². The number of carbonyl (C=O) groups is 3. The second-order valence-electron chi connectivity index (χ2n) is 4.92. The van der Waals surface area contributed by atoms with Crippen LogP contribution in [0.25, 0.3) is 6.08 Å². The number of thioether (sulfide) groups is 1. The summed E-state index contributed by atoms with van der Waals surface area (Å²) in [5, 5.41) is -0.404. The van der Waals surface area contributed by atoms with E-state index in [9.17, 15) is 14.4 Å². The van der Waals surface area contributed by atoms with Crippen LogP contribution >= 0.6 is 11.8 Å². The fourth-order valence-electron chi connectivity index (χ4n) is 2.10. The van der Waals surface area contributed by atoms with Gasteiger partial charge >= 0.3 is 5.97 Å². The van der Waals surface area contributed by atoms with Gasteiger partial charge in [-0.3, -0.25) is 14.5 Å². The van der Waals surface area contributed by atoms with Gasteiger partial charge in [0.05, 0.1) is 24.8 Å². The average molecular weight is 359 g/mol. The van der Waals surface area contributed by atoms with Crippen molar-refractivity contribution in [2.24, 2.45) is 0 Å². The molecule has 0 unspecified atom stereocenters. The largest absolute Gasteiger partial charge is 0.465 e. The predicted octanol–water partition coefficient (Wildman–Crippen LogP) is 3.45. The number of allylic oxidation sites excluding steroid dienone is 2. The third-order valence-electron chi connectivity index (χ3n) is 3.29. The molecule has 1 aliphatic heterocycles. The molecule has 2 aromatic heterocycles. The Morgan fingerprint density at radius 1 is 1.32 bits per heavy atom. The number of hydrogen-bond acceptors (Lipinski definition) is 7. The van der Waals surface area contributed by atoms with Crippen LogP contribution in [0.5, 0.6) is 0 Å². The number of hydrogen-bond donors (Lipinski definition) is 0. The van der Waals surface area contributed by atoms with Gasteiger partial charge in [-0.15, -0.1) is 0 Å². The van der Waals surface area contributed by atoms with E-state index in [2.05, 4.69) is 4.74 Å². The standard InChI is InChI=1S/C17H13NO6S/c1-22-16(20)13-8-7-12(24-13)10-18-15(19)14(25-17(18)21)6-2-4-11-5-3-9-23-11/h2-9H,10H2,1H3/b4-2+,14-6+. The molecule has 7 nitrogen and oxygen atoms in total. The van der Waals surface area contributed by atoms with Crippen molar-refractivity contribution in [2.45, 2.75) is 6.54 Å². The number of carbonyl (C=O) groups excluding carboxylic acids is 3. The van der Waals surface area contributed by atoms with Gasteiger partial charge in [-0.2, -0.15) is 0 Å². The smallest absolute Gasteiger partial charge is 0.373 e. The number of nitrogens with zero attached hydrogens (tertiary/aromatic N) is 1. The van der Waals surface area contributed by atoms with E-state index in [1.165, 1.54) is 19.2 Å². The maximum atomic E-state index is 12.3. The minimum atomic E-state index is -0.622. The summed E-state index contributed by atoms with van der Waals surface area (Å²) in [5.74, 6) is -0.0728. The van der Waals surface area contributed by atoms with Crippen LogP contribution in [0, 0.1) is 0 Å². The molecule has 0 radical (unpaired) electrons. The minimum Gasteiger partial charge on any atom is -0.465 e. The number of furan rings is 2. The monoisotopic (exact) mass is 359 g/mol. The lowest BCUT2D eigenvalue weighted by Crippen LogP contribution is -2.27. The van der Waals surface area contributed by atoms with Crippen LogP contribution in [0.3, 0.4) is 0 Å². The van der Waals surface area contributed by atoms with Crippen LogP contribution in [0.15, 0.2) is 56.4 Å². The van der Waals surface area contributed by atoms with Crippen molar-refractivity contribution in [1.82, 2.24) is 4.90 Å². The minimum absolute atomic E-state index is 0.0152. The number of imide groups is 1. The molecule has 25 heavy (non-hydrogen) atoms. The number of esters is 1. The number of methoxy groups -OCH3 is 1. The van der Waals surface area contributed by atoms with E-state index in [0.717, 1.165) is 16.7 Å². The first-order valence-electron chi connectivity index (χ1n) is 7.21. The molecule has 0 saturated carbocycles. The van der Waals surface area contributed by atoms with Gasteiger partial charge in [-0.05, 0) is 48.2 Å². The van der Waals surface area contributed by atoms with E-state index in [1.54, 1.807) is 36.6 Å². The molecule has 2 aromatic rings. The first kappa shape index (κ1) is 16.8. The topological polar surface area (TPSA) is 90.0 Å². The molecule has 0 atom stereocenters. The summed E-state index contributed by atoms with van der Waals surface area (Å²) in [5.41, 5.74) is 0. The van der Waals surface area contributed by atoms with E-state index in [1.807, 2.05) is 0 Å². The average Bonchev–Trinajstić information content (AvgIpc) is 3.33. The van der Waals surface area contributed by atoms with Crippen LogP contribution in [0.4, 0.5) is 4.79 Å². The van der Waals surface area contributed by atoms with Crippen LogP contribution < -0.4 is 0 Å². The van der Waals surface area contributed by atoms with Crippen molar-refractivity contribution < 1.29 is 28.0 Å². The van der Waals surface area contributed by atoms with Gasteiger partial charge < -0.3 is 13.6 Å². The number of amides is 2. The fraction of sp³-hybridized carbons (Fsp3) is 0.118. The number of rotatable bonds is 5. The SMILES string of the molecule is COC(=O)c1ccc(CN2C(=O)S/C(=C/C=C/c3ccco3)C2=O)o1. The molecule has 0 aromatic carbocycles. The van der Waals surface area contributed by atoms with Crippen LogP contribution in [-0.4, -0.2) is 29.1 Å². The molecule has 1 fully saturated rings. The summed E-state index contributed by atoms with van der Waals surface area (Å²) in [4.78, 5) is 37.1. The second kappa shape index (κ2) is 7.27. The molecule has 0 aliphatic carbocycles. The van der Waals surface area contributed by atoms with Crippen molar-refractivity contribution >= 4 is 35.0 Å². The van der Waals surface area contributed by atoms with Gasteiger partial charge in [-0.1, -0.05) is 6.08 Å². The quantitative estimate of drug-likeness (QED) is 0.596. The predicted molar refractivity (Wildman–Crippen MR) is 89.4 cm³/mol. The second-order valence-corrected chi connectivity index (χ2v) is 5.92. The lowest BCUT2D eigenvalue weighted by Gasteiger charge is -2.09. The third-order valence-corrected chi connectivity index (χ3v) is 4.21. The van der Waals surface area contributed by atoms with Crippen LogP contribution in [0.2, 0.25) is 0 Å². The molecule has 3 rings (SSSR count). The maximum Gasteiger partial charge on any atom is 0.373 e. The highest BCUT2D eigenvalue weighted by Crippen LogP contribution is 2.32. The highest BCUT2D eigenvalue weighted by Gasteiger charge is 2.35. The molecular formula is C17H13NO6S. The summed E-state index contributed by atoms with van der Waals surface area (Å²) < 4.78 is 15.0. The Balaban J connectivity index is 1.69. The fourth-order valence-corrected chi connectivity index (χ4v) is 2.89. The van der Waals surface area contributed by atoms with Crippen molar-refractivity contribution in [3.63, 3.8) is 0 Å². The van der Waals surface area contributed by atoms with Gasteiger partial charge in [0, 0.05) is 0 Å². The molecular weight excluding hydrogens is 346 g/mol. The van der Waals surface area contributed by atoms with Crippen molar-refractivity contribution in [3.8, 4) is 0 Å². The van der Waals surface area contributed by atoms with Gasteiger partial charge in [-0.25, -0.2) is 4.79 Å². The maximum absolute atomic E-state index is 12.3. The summed E-state index contributed by atoms with van der Waals surface area (Å²) in [6.07, 6.45) is 6.41. The highest BCUT2D eigenvalue weighted by atomic mass is 32.2. The van der Waals surface area contributed by atoms with Gasteiger partial charge in [0.2, 0.25) is 5.76 Å². The zero-order chi connectivity index (χ0) is 17.8. The lowest BCUT2D eigenvalue weighted by atomic mass is 10.3. The molecule has 2 amide bonds. The zero-order valence-corrected chi connectivity index (χ0v) is 13.9. The molecule has 1 saturated heterocycles. The number of ether oxygens (including phenoxy) is 1. The highest BCUT2D eigenvalue weighted by molar-refractivity contribution is 8.18. The van der Waals surface area contributed by atoms with Crippen molar-refractivity contribution in [3.05, 3.63) is 64.9 Å². The summed E-state index contributed by atoms with van der Waals surface area (Å²) in [7, 11) is 1.24. The summed E-state index contributed by atoms with van der Waals surface area (Å²) in [6, 6.07) is 6.48. The van der Waals surface area contributed by atoms with E-state index in [0.29, 0.717) is 16.4 Å². The molecule has 0 bridgehead atoms. The van der Waals surface area contributed by atoms with Crippen molar-refractivity contribution in [1.29, 1.82) is 0 Å². The van der Waals surface area contributed by atoms with E-state index < -0.39 is 17.1 Å². The first-order chi connectivity index (χ1) is 12.1. The summed E-state index contributed by atoms with van der Waals surface area (Å²) in [6.45, 7) is -0.0547. The Morgan fingerprint density at radius 3 is 2.88 bits per heavy atom. The molecule has 1 aliphatic rings. The van der Waals surface area contributed by atoms with E-state index in [4.69, 9.17) is 8.83 Å². The van der Waals surface area contributed by atoms with Gasteiger partial charge in [0.1, 0.15) is 11.5 Å². The van der Waals surface area contributed by atoms with Gasteiger partial charge in [0.15, 0.2) is 0 Å². The van der Waals surface area contributed by atoms with E-state index >= 15 is 0 Å². The summed E-state index contributed by atoms with van der Waals surface area (Å²) >= 11 is 0.839. The Morgan fingerprint density at radius 2 is 2.16 bits per heavy atom. The Labute approximate surface area is 146 Å². The van der Waals surface area contributed by atoms with Gasteiger partial charge in [0.25, 0.3) is 11.1 Å². The molecule has 8 heteroatoms. The molecule has 3 heterocycles. The first-order valence-corrected chi connectivity index (χ1v) is 8.02. The molecule has 0 spiro atoms. The lowest BCUT2D eigenvalue weighted by molar-refractivity contribution is -0.123. The zero-order valence-electron chi connectivity index (χ0n) is 13.1. The third kappa shape index (κ3) is 3.74. The molecule has 0 N–H and O–H groups in total. The Kier molecular flexibility index (Phi) is 4.90. The van der Waals surface area contributed by atoms with Crippen LogP contribution in [-0.2, 0) is 16.1 Å². The molecule has 128 valence electrons. The normalized spacial score (nSPS) is 16.4. The Bertz CT molecular complexity index is 862.